The lowest BCUT2D eigenvalue weighted by molar-refractivity contribution is 0.0981. The first-order valence-corrected chi connectivity index (χ1v) is 6.95. The molecule has 3 rings (SSSR count). The smallest absolute Gasteiger partial charge is 0.166 e. The molecule has 108 valence electrons. The van der Waals surface area contributed by atoms with E-state index < -0.39 is 11.6 Å². The molecule has 1 aromatic heterocycles. The largest absolute Gasteiger partial charge is 0.294 e. The Kier molecular flexibility index (Phi) is 3.73. The molecule has 1 aliphatic rings. The maximum Gasteiger partial charge on any atom is 0.166 e. The zero-order chi connectivity index (χ0) is 14.8. The Balaban J connectivity index is 1.90. The fourth-order valence-electron chi connectivity index (χ4n) is 2.52. The second-order valence-corrected chi connectivity index (χ2v) is 5.19. The zero-order valence-corrected chi connectivity index (χ0v) is 11.4. The summed E-state index contributed by atoms with van der Waals surface area (Å²) in [5, 5.41) is 0. The number of hydrogen-bond donors (Lipinski definition) is 0. The van der Waals surface area contributed by atoms with Crippen molar-refractivity contribution in [3.05, 3.63) is 58.7 Å². The molecule has 0 spiro atoms. The molecule has 3 nitrogen and oxygen atoms in total. The molecule has 0 saturated carbocycles. The van der Waals surface area contributed by atoms with Gasteiger partial charge in [0.2, 0.25) is 0 Å². The van der Waals surface area contributed by atoms with Crippen molar-refractivity contribution < 1.29 is 13.6 Å². The molecule has 1 aromatic carbocycles. The van der Waals surface area contributed by atoms with E-state index >= 15 is 0 Å². The van der Waals surface area contributed by atoms with Crippen molar-refractivity contribution in [2.75, 3.05) is 0 Å². The number of ketones is 1. The van der Waals surface area contributed by atoms with Gasteiger partial charge in [0.15, 0.2) is 5.78 Å². The average molecular weight is 288 g/mol. The Morgan fingerprint density at radius 3 is 2.76 bits per heavy atom. The highest BCUT2D eigenvalue weighted by Gasteiger charge is 2.18. The van der Waals surface area contributed by atoms with E-state index in [1.807, 2.05) is 0 Å². The van der Waals surface area contributed by atoms with Crippen LogP contribution in [0.3, 0.4) is 0 Å². The molecule has 0 saturated heterocycles. The van der Waals surface area contributed by atoms with Crippen LogP contribution < -0.4 is 0 Å². The van der Waals surface area contributed by atoms with E-state index in [2.05, 4.69) is 9.97 Å². The average Bonchev–Trinajstić information content (AvgIpc) is 2.64. The number of nitrogens with zero attached hydrogens (tertiary/aromatic N) is 2. The summed E-state index contributed by atoms with van der Waals surface area (Å²) in [5.74, 6) is -0.690. The number of rotatable bonds is 2. The van der Waals surface area contributed by atoms with Gasteiger partial charge in [-0.15, -0.1) is 0 Å². The fraction of sp³-hybridized carbons (Fsp3) is 0.312. The number of aryl methyl sites for hydroxylation is 1. The van der Waals surface area contributed by atoms with Gasteiger partial charge in [-0.05, 0) is 30.9 Å². The van der Waals surface area contributed by atoms with Gasteiger partial charge in [-0.3, -0.25) is 4.79 Å². The van der Waals surface area contributed by atoms with E-state index in [1.165, 1.54) is 18.3 Å². The lowest BCUT2D eigenvalue weighted by Gasteiger charge is -2.07. The predicted octanol–water partition coefficient (Wildman–Crippen LogP) is 3.25. The van der Waals surface area contributed by atoms with Gasteiger partial charge in [-0.2, -0.15) is 0 Å². The van der Waals surface area contributed by atoms with E-state index in [0.29, 0.717) is 23.4 Å². The number of aromatic nitrogens is 2. The topological polar surface area (TPSA) is 42.9 Å². The number of fused-ring (bicyclic) bond motifs is 1. The van der Waals surface area contributed by atoms with Crippen LogP contribution in [0.5, 0.6) is 0 Å². The van der Waals surface area contributed by atoms with E-state index in [0.717, 1.165) is 31.0 Å². The SMILES string of the molecule is O=C1CCCCc2nc(Cc3ccc(F)cc3F)ncc21. The van der Waals surface area contributed by atoms with E-state index in [1.54, 1.807) is 0 Å². The van der Waals surface area contributed by atoms with Crippen LogP contribution in [0.1, 0.15) is 46.7 Å². The monoisotopic (exact) mass is 288 g/mol. The van der Waals surface area contributed by atoms with Crippen molar-refractivity contribution in [3.8, 4) is 0 Å². The molecular formula is C16H14F2N2O. The first kappa shape index (κ1) is 13.8. The number of hydrogen-bond acceptors (Lipinski definition) is 3. The van der Waals surface area contributed by atoms with E-state index in [9.17, 15) is 13.6 Å². The van der Waals surface area contributed by atoms with Crippen molar-refractivity contribution in [1.82, 2.24) is 9.97 Å². The van der Waals surface area contributed by atoms with Crippen molar-refractivity contribution >= 4 is 5.78 Å². The van der Waals surface area contributed by atoms with Gasteiger partial charge in [0, 0.05) is 25.1 Å². The van der Waals surface area contributed by atoms with Crippen LogP contribution in [0.2, 0.25) is 0 Å². The molecule has 0 bridgehead atoms. The van der Waals surface area contributed by atoms with Crippen LogP contribution in [-0.2, 0) is 12.8 Å². The number of carbonyl (C=O) groups is 1. The third-order valence-electron chi connectivity index (χ3n) is 3.65. The Bertz CT molecular complexity index is 701. The molecular weight excluding hydrogens is 274 g/mol. The second kappa shape index (κ2) is 5.68. The first-order valence-electron chi connectivity index (χ1n) is 6.95. The first-order chi connectivity index (χ1) is 10.1. The van der Waals surface area contributed by atoms with Crippen LogP contribution in [0.15, 0.2) is 24.4 Å². The number of halogens is 2. The summed E-state index contributed by atoms with van der Waals surface area (Å²) in [6.45, 7) is 0. The maximum atomic E-state index is 13.7. The van der Waals surface area contributed by atoms with Crippen LogP contribution in [0.4, 0.5) is 8.78 Å². The Morgan fingerprint density at radius 1 is 1.14 bits per heavy atom. The number of benzene rings is 1. The summed E-state index contributed by atoms with van der Waals surface area (Å²) in [6, 6.07) is 3.46. The third kappa shape index (κ3) is 2.96. The molecule has 0 atom stereocenters. The quantitative estimate of drug-likeness (QED) is 0.797. The highest BCUT2D eigenvalue weighted by atomic mass is 19.1. The van der Waals surface area contributed by atoms with Gasteiger partial charge in [0.25, 0.3) is 0 Å². The normalized spacial score (nSPS) is 14.7. The Hall–Kier alpha value is -2.17. The van der Waals surface area contributed by atoms with Crippen molar-refractivity contribution in [3.63, 3.8) is 0 Å². The highest BCUT2D eigenvalue weighted by molar-refractivity contribution is 5.97. The number of carbonyl (C=O) groups excluding carboxylic acids is 1. The predicted molar refractivity (Wildman–Crippen MR) is 73.1 cm³/mol. The number of Topliss-reactive ketones (excluding diaryl/α,β-unsaturated/α-hetero) is 1. The summed E-state index contributed by atoms with van der Waals surface area (Å²) < 4.78 is 26.5. The standard InChI is InChI=1S/C16H14F2N2O/c17-11-6-5-10(13(18)8-11)7-16-19-9-12-14(20-16)3-1-2-4-15(12)21/h5-6,8-9H,1-4,7H2. The summed E-state index contributed by atoms with van der Waals surface area (Å²) in [4.78, 5) is 20.4. The molecule has 0 unspecified atom stereocenters. The third-order valence-corrected chi connectivity index (χ3v) is 3.65. The minimum Gasteiger partial charge on any atom is -0.294 e. The van der Waals surface area contributed by atoms with Crippen LogP contribution in [0.25, 0.3) is 0 Å². The van der Waals surface area contributed by atoms with E-state index in [-0.39, 0.29) is 12.2 Å². The van der Waals surface area contributed by atoms with E-state index in [4.69, 9.17) is 0 Å². The van der Waals surface area contributed by atoms with Crippen molar-refractivity contribution in [2.24, 2.45) is 0 Å². The molecule has 0 N–H and O–H groups in total. The Labute approximate surface area is 121 Å². The molecule has 2 aromatic rings. The molecule has 0 fully saturated rings. The summed E-state index contributed by atoms with van der Waals surface area (Å²) >= 11 is 0. The van der Waals surface area contributed by atoms with Gasteiger partial charge in [-0.1, -0.05) is 6.07 Å². The molecule has 1 heterocycles. The van der Waals surface area contributed by atoms with Crippen LogP contribution >= 0.6 is 0 Å². The molecule has 1 aliphatic carbocycles. The molecule has 21 heavy (non-hydrogen) atoms. The summed E-state index contributed by atoms with van der Waals surface area (Å²) in [5.41, 5.74) is 1.66. The molecule has 0 aliphatic heterocycles. The maximum absolute atomic E-state index is 13.7. The summed E-state index contributed by atoms with van der Waals surface area (Å²) in [7, 11) is 0. The molecule has 5 heteroatoms. The van der Waals surface area contributed by atoms with Gasteiger partial charge < -0.3 is 0 Å². The minimum absolute atomic E-state index is 0.0713. The van der Waals surface area contributed by atoms with Gasteiger partial charge >= 0.3 is 0 Å². The van der Waals surface area contributed by atoms with Gasteiger partial charge in [-0.25, -0.2) is 18.7 Å². The van der Waals surface area contributed by atoms with Crippen molar-refractivity contribution in [1.29, 1.82) is 0 Å². The summed E-state index contributed by atoms with van der Waals surface area (Å²) in [6.07, 6.45) is 4.77. The minimum atomic E-state index is -0.607. The zero-order valence-electron chi connectivity index (χ0n) is 11.4. The lowest BCUT2D eigenvalue weighted by Crippen LogP contribution is -2.08. The van der Waals surface area contributed by atoms with Crippen molar-refractivity contribution in [2.45, 2.75) is 32.1 Å². The lowest BCUT2D eigenvalue weighted by atomic mass is 10.1. The van der Waals surface area contributed by atoms with Gasteiger partial charge in [0.1, 0.15) is 17.5 Å². The highest BCUT2D eigenvalue weighted by Crippen LogP contribution is 2.19. The van der Waals surface area contributed by atoms with Crippen LogP contribution in [0, 0.1) is 11.6 Å². The fourth-order valence-corrected chi connectivity index (χ4v) is 2.52. The molecule has 0 amide bonds. The Morgan fingerprint density at radius 2 is 1.95 bits per heavy atom. The second-order valence-electron chi connectivity index (χ2n) is 5.19. The van der Waals surface area contributed by atoms with Crippen LogP contribution in [-0.4, -0.2) is 15.8 Å². The van der Waals surface area contributed by atoms with Gasteiger partial charge in [0.05, 0.1) is 11.3 Å². The molecule has 0 radical (unpaired) electrons.